The third kappa shape index (κ3) is 4.34. The van der Waals surface area contributed by atoms with Crippen LogP contribution in [-0.4, -0.2) is 50.1 Å². The maximum absolute atomic E-state index is 11.8. The number of esters is 1. The molecule has 1 heterocycles. The van der Waals surface area contributed by atoms with E-state index in [0.717, 1.165) is 19.4 Å². The standard InChI is InChI=1S/C12H22N2O3/c1-3-17-12(16)10-5-4-8-14(9-10)11(15)6-7-13-2/h10,13H,3-9H2,1-2H3. The van der Waals surface area contributed by atoms with Crippen LogP contribution in [0.2, 0.25) is 0 Å². The second-order valence-electron chi connectivity index (χ2n) is 4.28. The van der Waals surface area contributed by atoms with Gasteiger partial charge in [0.2, 0.25) is 5.91 Å². The molecule has 1 N–H and O–H groups in total. The highest BCUT2D eigenvalue weighted by atomic mass is 16.5. The van der Waals surface area contributed by atoms with Crippen LogP contribution in [0.15, 0.2) is 0 Å². The van der Waals surface area contributed by atoms with E-state index < -0.39 is 0 Å². The summed E-state index contributed by atoms with van der Waals surface area (Å²) in [5.41, 5.74) is 0. The minimum absolute atomic E-state index is 0.119. The molecular formula is C12H22N2O3. The topological polar surface area (TPSA) is 58.6 Å². The van der Waals surface area contributed by atoms with Crippen molar-refractivity contribution in [1.82, 2.24) is 10.2 Å². The van der Waals surface area contributed by atoms with Gasteiger partial charge in [0.25, 0.3) is 0 Å². The van der Waals surface area contributed by atoms with Crippen molar-refractivity contribution in [3.05, 3.63) is 0 Å². The quantitative estimate of drug-likeness (QED) is 0.709. The SMILES string of the molecule is CCOC(=O)C1CCCN(C(=O)CCNC)C1. The molecule has 1 rings (SSSR count). The maximum atomic E-state index is 11.8. The van der Waals surface area contributed by atoms with Gasteiger partial charge in [0.15, 0.2) is 0 Å². The largest absolute Gasteiger partial charge is 0.466 e. The van der Waals surface area contributed by atoms with E-state index in [0.29, 0.717) is 26.1 Å². The molecule has 1 saturated heterocycles. The molecule has 0 saturated carbocycles. The first-order chi connectivity index (χ1) is 8.19. The summed E-state index contributed by atoms with van der Waals surface area (Å²) in [6.07, 6.45) is 2.20. The van der Waals surface area contributed by atoms with Crippen molar-refractivity contribution < 1.29 is 14.3 Å². The Morgan fingerprint density at radius 3 is 2.88 bits per heavy atom. The lowest BCUT2D eigenvalue weighted by Crippen LogP contribution is -2.43. The van der Waals surface area contributed by atoms with Crippen LogP contribution < -0.4 is 5.32 Å². The molecule has 0 spiro atoms. The second-order valence-corrected chi connectivity index (χ2v) is 4.28. The molecule has 1 fully saturated rings. The predicted molar refractivity (Wildman–Crippen MR) is 64.5 cm³/mol. The fourth-order valence-corrected chi connectivity index (χ4v) is 2.05. The summed E-state index contributed by atoms with van der Waals surface area (Å²) >= 11 is 0. The van der Waals surface area contributed by atoms with E-state index in [9.17, 15) is 9.59 Å². The summed E-state index contributed by atoms with van der Waals surface area (Å²) in [5.74, 6) is -0.186. The van der Waals surface area contributed by atoms with Gasteiger partial charge in [-0.05, 0) is 26.8 Å². The molecule has 1 aliphatic rings. The van der Waals surface area contributed by atoms with Crippen molar-refractivity contribution in [2.45, 2.75) is 26.2 Å². The van der Waals surface area contributed by atoms with Crippen LogP contribution >= 0.6 is 0 Å². The third-order valence-electron chi connectivity index (χ3n) is 2.98. The van der Waals surface area contributed by atoms with Crippen LogP contribution in [-0.2, 0) is 14.3 Å². The van der Waals surface area contributed by atoms with Crippen molar-refractivity contribution in [3.63, 3.8) is 0 Å². The monoisotopic (exact) mass is 242 g/mol. The van der Waals surface area contributed by atoms with Gasteiger partial charge in [0.1, 0.15) is 0 Å². The lowest BCUT2D eigenvalue weighted by molar-refractivity contribution is -0.151. The van der Waals surface area contributed by atoms with E-state index in [1.54, 1.807) is 11.8 Å². The van der Waals surface area contributed by atoms with Crippen molar-refractivity contribution in [2.24, 2.45) is 5.92 Å². The summed E-state index contributed by atoms with van der Waals surface area (Å²) in [4.78, 5) is 25.2. The maximum Gasteiger partial charge on any atom is 0.310 e. The van der Waals surface area contributed by atoms with Gasteiger partial charge >= 0.3 is 5.97 Å². The number of nitrogens with one attached hydrogen (secondary N) is 1. The first-order valence-corrected chi connectivity index (χ1v) is 6.28. The van der Waals surface area contributed by atoms with Crippen LogP contribution in [0.3, 0.4) is 0 Å². The number of piperidine rings is 1. The van der Waals surface area contributed by atoms with E-state index in [1.165, 1.54) is 0 Å². The van der Waals surface area contributed by atoms with Crippen LogP contribution in [0, 0.1) is 5.92 Å². The zero-order chi connectivity index (χ0) is 12.7. The van der Waals surface area contributed by atoms with Gasteiger partial charge in [-0.15, -0.1) is 0 Å². The molecule has 1 unspecified atom stereocenters. The molecule has 98 valence electrons. The van der Waals surface area contributed by atoms with Gasteiger partial charge < -0.3 is 15.0 Å². The van der Waals surface area contributed by atoms with Gasteiger partial charge in [-0.1, -0.05) is 0 Å². The fraction of sp³-hybridized carbons (Fsp3) is 0.833. The summed E-state index contributed by atoms with van der Waals surface area (Å²) < 4.78 is 5.00. The Labute approximate surface area is 102 Å². The number of carbonyl (C=O) groups excluding carboxylic acids is 2. The molecule has 5 nitrogen and oxygen atoms in total. The molecule has 0 aliphatic carbocycles. The van der Waals surface area contributed by atoms with E-state index in [4.69, 9.17) is 4.74 Å². The first-order valence-electron chi connectivity index (χ1n) is 6.28. The van der Waals surface area contributed by atoms with Crippen molar-refractivity contribution in [3.8, 4) is 0 Å². The molecule has 0 aromatic heterocycles. The number of hydrogen-bond donors (Lipinski definition) is 1. The number of amides is 1. The number of likely N-dealkylation sites (tertiary alicyclic amines) is 1. The van der Waals surface area contributed by atoms with Crippen LogP contribution in [0.5, 0.6) is 0 Å². The van der Waals surface area contributed by atoms with Crippen molar-refractivity contribution >= 4 is 11.9 Å². The number of rotatable bonds is 5. The molecule has 1 atom stereocenters. The van der Waals surface area contributed by atoms with Gasteiger partial charge in [-0.25, -0.2) is 0 Å². The molecule has 0 bridgehead atoms. The predicted octanol–water partition coefficient (Wildman–Crippen LogP) is 0.398. The Morgan fingerprint density at radius 1 is 1.47 bits per heavy atom. The highest BCUT2D eigenvalue weighted by Crippen LogP contribution is 2.18. The second kappa shape index (κ2) is 7.27. The Hall–Kier alpha value is -1.10. The summed E-state index contributed by atoms with van der Waals surface area (Å²) in [5, 5.41) is 2.95. The number of nitrogens with zero attached hydrogens (tertiary/aromatic N) is 1. The van der Waals surface area contributed by atoms with Crippen LogP contribution in [0.25, 0.3) is 0 Å². The zero-order valence-corrected chi connectivity index (χ0v) is 10.7. The number of ether oxygens (including phenoxy) is 1. The molecule has 0 aromatic rings. The highest BCUT2D eigenvalue weighted by molar-refractivity contribution is 5.78. The number of hydrogen-bond acceptors (Lipinski definition) is 4. The van der Waals surface area contributed by atoms with Gasteiger partial charge in [0.05, 0.1) is 12.5 Å². The van der Waals surface area contributed by atoms with E-state index >= 15 is 0 Å². The average Bonchev–Trinajstić information content (AvgIpc) is 2.36. The van der Waals surface area contributed by atoms with E-state index in [1.807, 2.05) is 7.05 Å². The van der Waals surface area contributed by atoms with Gasteiger partial charge in [-0.3, -0.25) is 9.59 Å². The molecule has 5 heteroatoms. The van der Waals surface area contributed by atoms with Crippen molar-refractivity contribution in [2.75, 3.05) is 33.3 Å². The minimum Gasteiger partial charge on any atom is -0.466 e. The normalized spacial score (nSPS) is 20.1. The Morgan fingerprint density at radius 2 is 2.24 bits per heavy atom. The lowest BCUT2D eigenvalue weighted by Gasteiger charge is -2.31. The molecule has 1 amide bonds. The summed E-state index contributed by atoms with van der Waals surface area (Å²) in [6, 6.07) is 0. The van der Waals surface area contributed by atoms with Crippen LogP contribution in [0.1, 0.15) is 26.2 Å². The first kappa shape index (κ1) is 14.0. The smallest absolute Gasteiger partial charge is 0.310 e. The molecule has 0 radical (unpaired) electrons. The Balaban J connectivity index is 2.42. The van der Waals surface area contributed by atoms with Crippen molar-refractivity contribution in [1.29, 1.82) is 0 Å². The Kier molecular flexibility index (Phi) is 5.97. The van der Waals surface area contributed by atoms with Gasteiger partial charge in [0, 0.05) is 26.1 Å². The summed E-state index contributed by atoms with van der Waals surface area (Å²) in [7, 11) is 1.82. The highest BCUT2D eigenvalue weighted by Gasteiger charge is 2.28. The number of carbonyl (C=O) groups is 2. The average molecular weight is 242 g/mol. The van der Waals surface area contributed by atoms with E-state index in [-0.39, 0.29) is 17.8 Å². The summed E-state index contributed by atoms with van der Waals surface area (Å²) in [6.45, 7) is 4.17. The fourth-order valence-electron chi connectivity index (χ4n) is 2.05. The van der Waals surface area contributed by atoms with E-state index in [2.05, 4.69) is 5.32 Å². The molecule has 1 aliphatic heterocycles. The molecular weight excluding hydrogens is 220 g/mol. The molecule has 17 heavy (non-hydrogen) atoms. The Bertz CT molecular complexity index is 268. The minimum atomic E-state index is -0.168. The lowest BCUT2D eigenvalue weighted by atomic mass is 9.98. The molecule has 0 aromatic carbocycles. The third-order valence-corrected chi connectivity index (χ3v) is 2.98. The van der Waals surface area contributed by atoms with Crippen LogP contribution in [0.4, 0.5) is 0 Å². The van der Waals surface area contributed by atoms with Gasteiger partial charge in [-0.2, -0.15) is 0 Å². The zero-order valence-electron chi connectivity index (χ0n) is 10.7.